The van der Waals surface area contributed by atoms with E-state index in [-0.39, 0.29) is 24.6 Å². The van der Waals surface area contributed by atoms with E-state index in [1.807, 2.05) is 0 Å². The number of fused-ring (bicyclic) bond motifs is 1. The molecule has 0 saturated carbocycles. The van der Waals surface area contributed by atoms with E-state index in [9.17, 15) is 14.0 Å². The molecule has 2 heterocycles. The Bertz CT molecular complexity index is 1150. The first-order chi connectivity index (χ1) is 14.9. The minimum absolute atomic E-state index is 0.0763. The highest BCUT2D eigenvalue weighted by molar-refractivity contribution is 6.00. The predicted molar refractivity (Wildman–Crippen MR) is 110 cm³/mol. The molecule has 1 aliphatic rings. The van der Waals surface area contributed by atoms with Crippen LogP contribution in [0.4, 0.5) is 4.39 Å². The summed E-state index contributed by atoms with van der Waals surface area (Å²) in [5.41, 5.74) is 0.965. The molecule has 0 aliphatic carbocycles. The number of esters is 1. The number of halogens is 1. The quantitative estimate of drug-likeness (QED) is 0.582. The third-order valence-corrected chi connectivity index (χ3v) is 5.35. The van der Waals surface area contributed by atoms with E-state index in [2.05, 4.69) is 5.10 Å². The summed E-state index contributed by atoms with van der Waals surface area (Å²) in [7, 11) is 4.57. The molecule has 3 aromatic rings. The number of amides is 1. The van der Waals surface area contributed by atoms with Gasteiger partial charge in [-0.15, -0.1) is 0 Å². The topological polar surface area (TPSA) is 82.9 Å². The van der Waals surface area contributed by atoms with Crippen molar-refractivity contribution in [2.75, 3.05) is 20.8 Å². The van der Waals surface area contributed by atoms with Crippen LogP contribution >= 0.6 is 0 Å². The van der Waals surface area contributed by atoms with Gasteiger partial charge < -0.3 is 19.1 Å². The van der Waals surface area contributed by atoms with Crippen LogP contribution in [-0.4, -0.2) is 59.5 Å². The Morgan fingerprint density at radius 2 is 1.94 bits per heavy atom. The number of rotatable bonds is 5. The van der Waals surface area contributed by atoms with Gasteiger partial charge in [0.1, 0.15) is 12.1 Å². The lowest BCUT2D eigenvalue weighted by molar-refractivity contribution is -0.145. The fourth-order valence-electron chi connectivity index (χ4n) is 3.90. The molecule has 0 unspecified atom stereocenters. The highest BCUT2D eigenvalue weighted by Crippen LogP contribution is 2.29. The van der Waals surface area contributed by atoms with E-state index < -0.39 is 23.9 Å². The molecule has 1 amide bonds. The van der Waals surface area contributed by atoms with Gasteiger partial charge in [0.2, 0.25) is 5.88 Å². The highest BCUT2D eigenvalue weighted by Gasteiger charge is 2.42. The molecule has 1 saturated heterocycles. The van der Waals surface area contributed by atoms with Crippen LogP contribution in [0.15, 0.2) is 42.5 Å². The van der Waals surface area contributed by atoms with Crippen LogP contribution in [0.1, 0.15) is 16.8 Å². The summed E-state index contributed by atoms with van der Waals surface area (Å²) in [6.07, 6.45) is -0.351. The van der Waals surface area contributed by atoms with E-state index in [1.54, 1.807) is 49.2 Å². The minimum atomic E-state index is -0.830. The number of aryl methyl sites for hydroxylation is 1. The maximum atomic E-state index is 14.0. The first kappa shape index (κ1) is 20.6. The Morgan fingerprint density at radius 1 is 1.16 bits per heavy atom. The average Bonchev–Trinajstić information content (AvgIpc) is 3.33. The van der Waals surface area contributed by atoms with Gasteiger partial charge in [-0.2, -0.15) is 5.10 Å². The standard InChI is InChI=1S/C22H22FN3O5/c1-25-21(29-2)15-9-8-13(10-17(15)24-25)20(27)26-12-14(11-18(26)22(28)30-3)31-19-7-5-4-6-16(19)23/h4-10,14,18H,11-12H2,1-3H3/t14-,18-/m0/s1. The van der Waals surface area contributed by atoms with Crippen LogP contribution in [-0.2, 0) is 16.6 Å². The van der Waals surface area contributed by atoms with Gasteiger partial charge in [0.15, 0.2) is 11.6 Å². The SMILES string of the molecule is COC(=O)[C@@H]1C[C@H](Oc2ccccc2F)CN1C(=O)c1ccc2c(OC)n(C)nc2c1. The highest BCUT2D eigenvalue weighted by atomic mass is 19.1. The summed E-state index contributed by atoms with van der Waals surface area (Å²) in [6.45, 7) is 0.122. The number of hydrogen-bond acceptors (Lipinski definition) is 6. The van der Waals surface area contributed by atoms with E-state index in [1.165, 1.54) is 24.1 Å². The number of aromatic nitrogens is 2. The van der Waals surface area contributed by atoms with Crippen LogP contribution in [0, 0.1) is 5.82 Å². The molecule has 9 heteroatoms. The number of nitrogens with zero attached hydrogens (tertiary/aromatic N) is 3. The molecular formula is C22H22FN3O5. The molecule has 0 radical (unpaired) electrons. The van der Waals surface area contributed by atoms with Crippen molar-refractivity contribution in [2.45, 2.75) is 18.6 Å². The average molecular weight is 427 g/mol. The molecule has 1 aromatic heterocycles. The molecule has 8 nitrogen and oxygen atoms in total. The van der Waals surface area contributed by atoms with Crippen LogP contribution in [0.2, 0.25) is 0 Å². The molecule has 0 bridgehead atoms. The summed E-state index contributed by atoms with van der Waals surface area (Å²) in [4.78, 5) is 27.0. The van der Waals surface area contributed by atoms with Gasteiger partial charge in [0.05, 0.1) is 31.7 Å². The van der Waals surface area contributed by atoms with E-state index >= 15 is 0 Å². The molecule has 162 valence electrons. The molecule has 1 fully saturated rings. The van der Waals surface area contributed by atoms with Crippen molar-refractivity contribution in [3.05, 3.63) is 53.8 Å². The van der Waals surface area contributed by atoms with Gasteiger partial charge in [-0.3, -0.25) is 4.79 Å². The number of ether oxygens (including phenoxy) is 3. The third-order valence-electron chi connectivity index (χ3n) is 5.35. The number of benzene rings is 2. The van der Waals surface area contributed by atoms with E-state index in [4.69, 9.17) is 14.2 Å². The molecule has 1 aliphatic heterocycles. The lowest BCUT2D eigenvalue weighted by Crippen LogP contribution is -2.41. The fourth-order valence-corrected chi connectivity index (χ4v) is 3.90. The monoisotopic (exact) mass is 427 g/mol. The number of methoxy groups -OCH3 is 2. The normalized spacial score (nSPS) is 18.3. The lowest BCUT2D eigenvalue weighted by Gasteiger charge is -2.22. The van der Waals surface area contributed by atoms with Crippen molar-refractivity contribution in [3.63, 3.8) is 0 Å². The largest absolute Gasteiger partial charge is 0.485 e. The zero-order valence-corrected chi connectivity index (χ0v) is 17.4. The van der Waals surface area contributed by atoms with Crippen LogP contribution in [0.3, 0.4) is 0 Å². The van der Waals surface area contributed by atoms with Crippen LogP contribution in [0.5, 0.6) is 11.6 Å². The second-order valence-electron chi connectivity index (χ2n) is 7.27. The Balaban J connectivity index is 1.61. The molecule has 2 atom stereocenters. The minimum Gasteiger partial charge on any atom is -0.485 e. The van der Waals surface area contributed by atoms with Crippen molar-refractivity contribution < 1.29 is 28.2 Å². The van der Waals surface area contributed by atoms with Gasteiger partial charge in [0.25, 0.3) is 5.91 Å². The summed E-state index contributed by atoms with van der Waals surface area (Å²) in [5, 5.41) is 5.14. The van der Waals surface area contributed by atoms with Crippen molar-refractivity contribution in [2.24, 2.45) is 7.05 Å². The fraction of sp³-hybridized carbons (Fsp3) is 0.318. The smallest absolute Gasteiger partial charge is 0.328 e. The first-order valence-corrected chi connectivity index (χ1v) is 9.73. The maximum absolute atomic E-state index is 14.0. The molecule has 0 N–H and O–H groups in total. The van der Waals surface area contributed by atoms with E-state index in [0.29, 0.717) is 17.0 Å². The first-order valence-electron chi connectivity index (χ1n) is 9.73. The van der Waals surface area contributed by atoms with Gasteiger partial charge in [-0.1, -0.05) is 12.1 Å². The Morgan fingerprint density at radius 3 is 2.65 bits per heavy atom. The molecular weight excluding hydrogens is 405 g/mol. The number of para-hydroxylation sites is 1. The van der Waals surface area contributed by atoms with Gasteiger partial charge in [-0.25, -0.2) is 13.9 Å². The Labute approximate surface area is 178 Å². The number of carbonyl (C=O) groups is 2. The summed E-state index contributed by atoms with van der Waals surface area (Å²) in [5.74, 6) is -0.750. The maximum Gasteiger partial charge on any atom is 0.328 e. The molecule has 2 aromatic carbocycles. The van der Waals surface area contributed by atoms with Crippen molar-refractivity contribution in [3.8, 4) is 11.6 Å². The second-order valence-corrected chi connectivity index (χ2v) is 7.27. The summed E-state index contributed by atoms with van der Waals surface area (Å²) in [6, 6.07) is 10.3. The summed E-state index contributed by atoms with van der Waals surface area (Å²) < 4.78 is 31.5. The van der Waals surface area contributed by atoms with Crippen LogP contribution in [0.25, 0.3) is 10.9 Å². The van der Waals surface area contributed by atoms with Gasteiger partial charge in [0, 0.05) is 19.0 Å². The second kappa shape index (κ2) is 8.25. The van der Waals surface area contributed by atoms with Gasteiger partial charge >= 0.3 is 5.97 Å². The molecule has 4 rings (SSSR count). The number of carbonyl (C=O) groups excluding carboxylic acids is 2. The lowest BCUT2D eigenvalue weighted by atomic mass is 10.1. The molecule has 0 spiro atoms. The third kappa shape index (κ3) is 3.78. The van der Waals surface area contributed by atoms with Crippen LogP contribution < -0.4 is 9.47 Å². The van der Waals surface area contributed by atoms with Crippen molar-refractivity contribution >= 4 is 22.8 Å². The van der Waals surface area contributed by atoms with E-state index in [0.717, 1.165) is 5.39 Å². The predicted octanol–water partition coefficient (Wildman–Crippen LogP) is 2.56. The Hall–Kier alpha value is -3.62. The zero-order valence-electron chi connectivity index (χ0n) is 17.4. The Kier molecular flexibility index (Phi) is 5.50. The van der Waals surface area contributed by atoms with Crippen molar-refractivity contribution in [1.29, 1.82) is 0 Å². The number of likely N-dealkylation sites (tertiary alicyclic amines) is 1. The van der Waals surface area contributed by atoms with Gasteiger partial charge in [-0.05, 0) is 30.3 Å². The summed E-state index contributed by atoms with van der Waals surface area (Å²) >= 11 is 0. The zero-order chi connectivity index (χ0) is 22.1. The number of hydrogen-bond donors (Lipinski definition) is 0. The van der Waals surface area contributed by atoms with Crippen molar-refractivity contribution in [1.82, 2.24) is 14.7 Å². The molecule has 31 heavy (non-hydrogen) atoms.